The number of hydrogen-bond acceptors (Lipinski definition) is 3. The predicted molar refractivity (Wildman–Crippen MR) is 55.4 cm³/mol. The molecule has 14 heavy (non-hydrogen) atoms. The van der Waals surface area contributed by atoms with E-state index in [1.165, 1.54) is 0 Å². The molecule has 0 aromatic heterocycles. The van der Waals surface area contributed by atoms with Crippen LogP contribution in [-0.4, -0.2) is 52.7 Å². The molecule has 1 amide bonds. The van der Waals surface area contributed by atoms with Crippen molar-refractivity contribution >= 4 is 16.7 Å². The van der Waals surface area contributed by atoms with Gasteiger partial charge in [-0.15, -0.1) is 0 Å². The molecule has 2 heterocycles. The standard InChI is InChI=1S/C9H16N2O2S/c12-9(8-6-10-7-8)11-2-1-4-14(13)5-3-11/h8,10H,1-7H2. The van der Waals surface area contributed by atoms with Gasteiger partial charge < -0.3 is 10.2 Å². The Bertz CT molecular complexity index is 253. The average Bonchev–Trinajstić information content (AvgIpc) is 2.26. The van der Waals surface area contributed by atoms with Crippen LogP contribution in [0.15, 0.2) is 0 Å². The first-order valence-electron chi connectivity index (χ1n) is 5.12. The van der Waals surface area contributed by atoms with Crippen molar-refractivity contribution in [2.24, 2.45) is 5.92 Å². The molecule has 0 saturated carbocycles. The Morgan fingerprint density at radius 2 is 2.07 bits per heavy atom. The second kappa shape index (κ2) is 4.40. The molecule has 80 valence electrons. The summed E-state index contributed by atoms with van der Waals surface area (Å²) in [5.41, 5.74) is 0. The average molecular weight is 216 g/mol. The summed E-state index contributed by atoms with van der Waals surface area (Å²) in [5, 5.41) is 3.10. The molecular formula is C9H16N2O2S. The SMILES string of the molecule is O=C(C1CNC1)N1CCCS(=O)CC1. The quantitative estimate of drug-likeness (QED) is 0.623. The van der Waals surface area contributed by atoms with E-state index in [0.29, 0.717) is 12.3 Å². The Morgan fingerprint density at radius 3 is 2.71 bits per heavy atom. The lowest BCUT2D eigenvalue weighted by molar-refractivity contribution is -0.136. The number of rotatable bonds is 1. The third kappa shape index (κ3) is 2.15. The predicted octanol–water partition coefficient (Wildman–Crippen LogP) is -0.813. The van der Waals surface area contributed by atoms with Crippen LogP contribution in [0.1, 0.15) is 6.42 Å². The van der Waals surface area contributed by atoms with Crippen LogP contribution in [0.4, 0.5) is 0 Å². The highest BCUT2D eigenvalue weighted by molar-refractivity contribution is 7.85. The van der Waals surface area contributed by atoms with E-state index < -0.39 is 10.8 Å². The molecule has 0 aromatic carbocycles. The number of nitrogens with one attached hydrogen (secondary N) is 1. The van der Waals surface area contributed by atoms with Crippen LogP contribution < -0.4 is 5.32 Å². The summed E-state index contributed by atoms with van der Waals surface area (Å²) in [6.45, 7) is 3.11. The number of carbonyl (C=O) groups is 1. The van der Waals surface area contributed by atoms with E-state index in [2.05, 4.69) is 5.32 Å². The third-order valence-electron chi connectivity index (χ3n) is 2.83. The molecule has 2 aliphatic heterocycles. The monoisotopic (exact) mass is 216 g/mol. The minimum atomic E-state index is -0.701. The number of amides is 1. The Morgan fingerprint density at radius 1 is 1.29 bits per heavy atom. The van der Waals surface area contributed by atoms with Crippen LogP contribution >= 0.6 is 0 Å². The van der Waals surface area contributed by atoms with E-state index in [1.807, 2.05) is 4.90 Å². The normalized spacial score (nSPS) is 29.4. The first-order chi connectivity index (χ1) is 6.77. The summed E-state index contributed by atoms with van der Waals surface area (Å²) in [4.78, 5) is 13.7. The molecule has 0 bridgehead atoms. The number of hydrogen-bond donors (Lipinski definition) is 1. The van der Waals surface area contributed by atoms with Gasteiger partial charge in [0.05, 0.1) is 5.92 Å². The Hall–Kier alpha value is -0.420. The fourth-order valence-corrected chi connectivity index (χ4v) is 2.86. The zero-order chi connectivity index (χ0) is 9.97. The topological polar surface area (TPSA) is 49.4 Å². The van der Waals surface area contributed by atoms with Gasteiger partial charge >= 0.3 is 0 Å². The molecular weight excluding hydrogens is 200 g/mol. The molecule has 2 rings (SSSR count). The van der Waals surface area contributed by atoms with Crippen LogP contribution in [0, 0.1) is 5.92 Å². The lowest BCUT2D eigenvalue weighted by atomic mass is 10.0. The molecule has 1 atom stereocenters. The Balaban J connectivity index is 1.89. The van der Waals surface area contributed by atoms with Crippen LogP contribution in [0.25, 0.3) is 0 Å². The lowest BCUT2D eigenvalue weighted by Gasteiger charge is -2.31. The molecule has 4 nitrogen and oxygen atoms in total. The fraction of sp³-hybridized carbons (Fsp3) is 0.889. The third-order valence-corrected chi connectivity index (χ3v) is 4.21. The Kier molecular flexibility index (Phi) is 3.18. The molecule has 0 radical (unpaired) electrons. The maximum atomic E-state index is 11.8. The van der Waals surface area contributed by atoms with Crippen LogP contribution in [0.3, 0.4) is 0 Å². The van der Waals surface area contributed by atoms with Crippen LogP contribution in [0.5, 0.6) is 0 Å². The molecule has 0 spiro atoms. The highest BCUT2D eigenvalue weighted by Gasteiger charge is 2.29. The summed E-state index contributed by atoms with van der Waals surface area (Å²) in [5.74, 6) is 1.85. The van der Waals surface area contributed by atoms with E-state index in [-0.39, 0.29) is 11.8 Å². The van der Waals surface area contributed by atoms with Gasteiger partial charge in [-0.25, -0.2) is 0 Å². The summed E-state index contributed by atoms with van der Waals surface area (Å²) >= 11 is 0. The van der Waals surface area contributed by atoms with E-state index >= 15 is 0 Å². The number of nitrogens with zero attached hydrogens (tertiary/aromatic N) is 1. The summed E-state index contributed by atoms with van der Waals surface area (Å²) in [7, 11) is -0.701. The first-order valence-corrected chi connectivity index (χ1v) is 6.60. The summed E-state index contributed by atoms with van der Waals surface area (Å²) in [6.07, 6.45) is 0.887. The van der Waals surface area contributed by atoms with Crippen molar-refractivity contribution in [3.05, 3.63) is 0 Å². The van der Waals surface area contributed by atoms with Crippen molar-refractivity contribution in [1.82, 2.24) is 10.2 Å². The van der Waals surface area contributed by atoms with Gasteiger partial charge in [0, 0.05) is 48.5 Å². The van der Waals surface area contributed by atoms with Gasteiger partial charge in [0.1, 0.15) is 0 Å². The molecule has 1 N–H and O–H groups in total. The van der Waals surface area contributed by atoms with Gasteiger partial charge in [-0.3, -0.25) is 9.00 Å². The minimum Gasteiger partial charge on any atom is -0.341 e. The van der Waals surface area contributed by atoms with Crippen LogP contribution in [-0.2, 0) is 15.6 Å². The lowest BCUT2D eigenvalue weighted by Crippen LogP contribution is -2.52. The van der Waals surface area contributed by atoms with E-state index in [0.717, 1.165) is 31.8 Å². The number of carbonyl (C=O) groups excluding carboxylic acids is 1. The molecule has 1 unspecified atom stereocenters. The van der Waals surface area contributed by atoms with Crippen LogP contribution in [0.2, 0.25) is 0 Å². The first kappa shape index (κ1) is 10.1. The van der Waals surface area contributed by atoms with Crippen molar-refractivity contribution in [3.8, 4) is 0 Å². The Labute approximate surface area is 86.5 Å². The fourth-order valence-electron chi connectivity index (χ4n) is 1.78. The molecule has 2 fully saturated rings. The summed E-state index contributed by atoms with van der Waals surface area (Å²) < 4.78 is 11.3. The zero-order valence-corrected chi connectivity index (χ0v) is 9.02. The second-order valence-corrected chi connectivity index (χ2v) is 5.58. The highest BCUT2D eigenvalue weighted by atomic mass is 32.2. The van der Waals surface area contributed by atoms with Crippen molar-refractivity contribution in [1.29, 1.82) is 0 Å². The van der Waals surface area contributed by atoms with E-state index in [4.69, 9.17) is 0 Å². The minimum absolute atomic E-state index is 0.182. The maximum Gasteiger partial charge on any atom is 0.228 e. The van der Waals surface area contributed by atoms with Gasteiger partial charge in [0.15, 0.2) is 0 Å². The molecule has 0 aliphatic carbocycles. The zero-order valence-electron chi connectivity index (χ0n) is 8.20. The van der Waals surface area contributed by atoms with Gasteiger partial charge in [-0.05, 0) is 6.42 Å². The van der Waals surface area contributed by atoms with Gasteiger partial charge in [0.25, 0.3) is 0 Å². The maximum absolute atomic E-state index is 11.8. The van der Waals surface area contributed by atoms with E-state index in [1.54, 1.807) is 0 Å². The van der Waals surface area contributed by atoms with Crippen molar-refractivity contribution in [3.63, 3.8) is 0 Å². The smallest absolute Gasteiger partial charge is 0.228 e. The largest absolute Gasteiger partial charge is 0.341 e. The van der Waals surface area contributed by atoms with Crippen molar-refractivity contribution in [2.45, 2.75) is 6.42 Å². The van der Waals surface area contributed by atoms with Crippen molar-refractivity contribution in [2.75, 3.05) is 37.7 Å². The molecule has 2 saturated heterocycles. The van der Waals surface area contributed by atoms with Gasteiger partial charge in [0.2, 0.25) is 5.91 Å². The molecule has 0 aromatic rings. The second-order valence-electron chi connectivity index (χ2n) is 3.88. The molecule has 2 aliphatic rings. The van der Waals surface area contributed by atoms with Crippen molar-refractivity contribution < 1.29 is 9.00 Å². The highest BCUT2D eigenvalue weighted by Crippen LogP contribution is 2.10. The molecule has 5 heteroatoms. The van der Waals surface area contributed by atoms with E-state index in [9.17, 15) is 9.00 Å². The summed E-state index contributed by atoms with van der Waals surface area (Å²) in [6, 6.07) is 0. The van der Waals surface area contributed by atoms with Gasteiger partial charge in [-0.2, -0.15) is 0 Å². The van der Waals surface area contributed by atoms with Gasteiger partial charge in [-0.1, -0.05) is 0 Å².